The van der Waals surface area contributed by atoms with E-state index < -0.39 is 34.1 Å². The minimum absolute atomic E-state index is 0.112. The van der Waals surface area contributed by atoms with E-state index in [1.807, 2.05) is 0 Å². The maximum atomic E-state index is 12.6. The summed E-state index contributed by atoms with van der Waals surface area (Å²) >= 11 is 0. The molecule has 1 amide bonds. The van der Waals surface area contributed by atoms with E-state index in [-0.39, 0.29) is 4.90 Å². The Hall–Kier alpha value is -1.97. The van der Waals surface area contributed by atoms with Gasteiger partial charge in [-0.15, -0.1) is 0 Å². The van der Waals surface area contributed by atoms with E-state index in [1.165, 1.54) is 16.4 Å². The fourth-order valence-corrected chi connectivity index (χ4v) is 5.18. The smallest absolute Gasteiger partial charge is 0.338 e. The van der Waals surface area contributed by atoms with E-state index in [0.717, 1.165) is 32.1 Å². The van der Waals surface area contributed by atoms with Gasteiger partial charge in [0.25, 0.3) is 5.91 Å². The van der Waals surface area contributed by atoms with Crippen LogP contribution in [0, 0.1) is 0 Å². The van der Waals surface area contributed by atoms with Crippen molar-refractivity contribution in [3.63, 3.8) is 0 Å². The Balaban J connectivity index is 1.58. The molecule has 0 bridgehead atoms. The van der Waals surface area contributed by atoms with Crippen LogP contribution in [0.4, 0.5) is 5.69 Å². The highest BCUT2D eigenvalue weighted by atomic mass is 32.2. The molecule has 8 nitrogen and oxygen atoms in total. The lowest BCUT2D eigenvalue weighted by molar-refractivity contribution is -0.170. The quantitative estimate of drug-likeness (QED) is 0.690. The predicted molar refractivity (Wildman–Crippen MR) is 102 cm³/mol. The van der Waals surface area contributed by atoms with Gasteiger partial charge < -0.3 is 15.2 Å². The second-order valence-corrected chi connectivity index (χ2v) is 9.29. The van der Waals surface area contributed by atoms with Crippen LogP contribution in [0.15, 0.2) is 29.2 Å². The van der Waals surface area contributed by atoms with Crippen molar-refractivity contribution in [2.24, 2.45) is 0 Å². The first-order chi connectivity index (χ1) is 13.3. The summed E-state index contributed by atoms with van der Waals surface area (Å²) in [6, 6.07) is 6.00. The SMILES string of the molecule is O=C(COC(=O)C1(O)CCCCC1)Nc1cccc(S(=O)(=O)N2CCCC2)c1. The highest BCUT2D eigenvalue weighted by Gasteiger charge is 2.39. The Labute approximate surface area is 164 Å². The highest BCUT2D eigenvalue weighted by Crippen LogP contribution is 2.29. The molecule has 0 atom stereocenters. The molecule has 1 heterocycles. The molecule has 1 saturated carbocycles. The standard InChI is InChI=1S/C19H26N2O6S/c22-17(14-27-18(23)19(24)9-2-1-3-10-19)20-15-7-6-8-16(13-15)28(25,26)21-11-4-5-12-21/h6-8,13,24H,1-5,9-12,14H2,(H,20,22). The Kier molecular flexibility index (Phi) is 6.36. The summed E-state index contributed by atoms with van der Waals surface area (Å²) < 4.78 is 31.6. The predicted octanol–water partition coefficient (Wildman–Crippen LogP) is 1.65. The minimum Gasteiger partial charge on any atom is -0.453 e. The van der Waals surface area contributed by atoms with Crippen LogP contribution in [0.3, 0.4) is 0 Å². The van der Waals surface area contributed by atoms with Crippen LogP contribution in [0.5, 0.6) is 0 Å². The maximum absolute atomic E-state index is 12.6. The summed E-state index contributed by atoms with van der Waals surface area (Å²) in [7, 11) is -3.58. The summed E-state index contributed by atoms with van der Waals surface area (Å²) in [5.41, 5.74) is -1.21. The van der Waals surface area contributed by atoms with E-state index >= 15 is 0 Å². The van der Waals surface area contributed by atoms with E-state index in [2.05, 4.69) is 5.32 Å². The van der Waals surface area contributed by atoms with Crippen LogP contribution in [-0.2, 0) is 24.3 Å². The molecule has 28 heavy (non-hydrogen) atoms. The molecular formula is C19H26N2O6S. The number of esters is 1. The Bertz CT molecular complexity index is 827. The number of aliphatic hydroxyl groups is 1. The number of nitrogens with zero attached hydrogens (tertiary/aromatic N) is 1. The summed E-state index contributed by atoms with van der Waals surface area (Å²) in [6.07, 6.45) is 4.81. The number of amides is 1. The minimum atomic E-state index is -3.58. The van der Waals surface area contributed by atoms with Crippen molar-refractivity contribution in [2.75, 3.05) is 25.0 Å². The number of rotatable bonds is 6. The second kappa shape index (κ2) is 8.59. The van der Waals surface area contributed by atoms with Crippen molar-refractivity contribution in [2.45, 2.75) is 55.4 Å². The van der Waals surface area contributed by atoms with Gasteiger partial charge in [0.2, 0.25) is 10.0 Å². The van der Waals surface area contributed by atoms with Gasteiger partial charge in [0.05, 0.1) is 4.90 Å². The topological polar surface area (TPSA) is 113 Å². The number of anilines is 1. The molecule has 1 saturated heterocycles. The van der Waals surface area contributed by atoms with Gasteiger partial charge in [0.15, 0.2) is 12.2 Å². The van der Waals surface area contributed by atoms with Crippen molar-refractivity contribution in [1.82, 2.24) is 4.31 Å². The molecule has 154 valence electrons. The fraction of sp³-hybridized carbons (Fsp3) is 0.579. The van der Waals surface area contributed by atoms with Gasteiger partial charge in [-0.25, -0.2) is 13.2 Å². The first-order valence-electron chi connectivity index (χ1n) is 9.61. The Morgan fingerprint density at radius 2 is 1.79 bits per heavy atom. The first-order valence-corrected chi connectivity index (χ1v) is 11.0. The van der Waals surface area contributed by atoms with Crippen molar-refractivity contribution in [1.29, 1.82) is 0 Å². The number of nitrogens with one attached hydrogen (secondary N) is 1. The lowest BCUT2D eigenvalue weighted by Gasteiger charge is -2.29. The van der Waals surface area contributed by atoms with Crippen molar-refractivity contribution >= 4 is 27.6 Å². The lowest BCUT2D eigenvalue weighted by atomic mass is 9.85. The van der Waals surface area contributed by atoms with Gasteiger partial charge in [0.1, 0.15) is 0 Å². The van der Waals surface area contributed by atoms with E-state index in [0.29, 0.717) is 31.6 Å². The molecule has 2 aliphatic rings. The average molecular weight is 410 g/mol. The molecule has 0 unspecified atom stereocenters. The third kappa shape index (κ3) is 4.71. The molecule has 0 aromatic heterocycles. The highest BCUT2D eigenvalue weighted by molar-refractivity contribution is 7.89. The Morgan fingerprint density at radius 1 is 1.11 bits per heavy atom. The van der Waals surface area contributed by atoms with Crippen molar-refractivity contribution < 1.29 is 27.9 Å². The normalized spacial score (nSPS) is 19.9. The maximum Gasteiger partial charge on any atom is 0.338 e. The number of benzene rings is 1. The molecule has 1 aliphatic carbocycles. The molecule has 3 rings (SSSR count). The van der Waals surface area contributed by atoms with Crippen molar-refractivity contribution in [3.8, 4) is 0 Å². The fourth-order valence-electron chi connectivity index (χ4n) is 3.62. The third-order valence-corrected chi connectivity index (χ3v) is 7.11. The van der Waals surface area contributed by atoms with Crippen LogP contribution >= 0.6 is 0 Å². The van der Waals surface area contributed by atoms with Crippen LogP contribution < -0.4 is 5.32 Å². The number of carbonyl (C=O) groups is 2. The lowest BCUT2D eigenvalue weighted by Crippen LogP contribution is -2.42. The molecule has 2 fully saturated rings. The monoisotopic (exact) mass is 410 g/mol. The van der Waals surface area contributed by atoms with Gasteiger partial charge in [0, 0.05) is 18.8 Å². The van der Waals surface area contributed by atoms with E-state index in [1.54, 1.807) is 12.1 Å². The summed E-state index contributed by atoms with van der Waals surface area (Å²) in [4.78, 5) is 24.3. The molecule has 1 aromatic carbocycles. The number of carbonyl (C=O) groups excluding carboxylic acids is 2. The summed E-state index contributed by atoms with van der Waals surface area (Å²) in [5, 5.41) is 12.8. The van der Waals surface area contributed by atoms with Gasteiger partial charge in [-0.05, 0) is 56.7 Å². The van der Waals surface area contributed by atoms with Crippen LogP contribution in [0.1, 0.15) is 44.9 Å². The average Bonchev–Trinajstić information content (AvgIpc) is 3.22. The number of hydrogen-bond donors (Lipinski definition) is 2. The first kappa shape index (κ1) is 20.8. The number of ether oxygens (including phenoxy) is 1. The summed E-state index contributed by atoms with van der Waals surface area (Å²) in [5.74, 6) is -1.38. The summed E-state index contributed by atoms with van der Waals surface area (Å²) in [6.45, 7) is 0.458. The van der Waals surface area contributed by atoms with Gasteiger partial charge in [-0.2, -0.15) is 4.31 Å². The van der Waals surface area contributed by atoms with E-state index in [4.69, 9.17) is 4.74 Å². The van der Waals surface area contributed by atoms with Gasteiger partial charge in [-0.1, -0.05) is 12.5 Å². The van der Waals surface area contributed by atoms with Crippen LogP contribution in [-0.4, -0.2) is 55.0 Å². The molecule has 0 spiro atoms. The van der Waals surface area contributed by atoms with Crippen LogP contribution in [0.25, 0.3) is 0 Å². The second-order valence-electron chi connectivity index (χ2n) is 7.36. The van der Waals surface area contributed by atoms with Crippen LogP contribution in [0.2, 0.25) is 0 Å². The molecule has 1 aliphatic heterocycles. The van der Waals surface area contributed by atoms with Gasteiger partial charge >= 0.3 is 5.97 Å². The zero-order valence-electron chi connectivity index (χ0n) is 15.7. The third-order valence-electron chi connectivity index (χ3n) is 5.22. The zero-order valence-corrected chi connectivity index (χ0v) is 16.5. The largest absolute Gasteiger partial charge is 0.453 e. The molecule has 2 N–H and O–H groups in total. The molecule has 1 aromatic rings. The number of hydrogen-bond acceptors (Lipinski definition) is 6. The van der Waals surface area contributed by atoms with E-state index in [9.17, 15) is 23.1 Å². The van der Waals surface area contributed by atoms with Crippen molar-refractivity contribution in [3.05, 3.63) is 24.3 Å². The Morgan fingerprint density at radius 3 is 2.46 bits per heavy atom. The molecular weight excluding hydrogens is 384 g/mol. The molecule has 0 radical (unpaired) electrons. The number of sulfonamides is 1. The zero-order chi connectivity index (χ0) is 20.2. The molecule has 9 heteroatoms. The van der Waals surface area contributed by atoms with Gasteiger partial charge in [-0.3, -0.25) is 4.79 Å².